The SMILES string of the molecule is COc1ccccc1C1(CNC(=O)CCC2CCNCC2)CCCC1. The molecule has 1 aromatic rings. The lowest BCUT2D eigenvalue weighted by atomic mass is 9.78. The number of ether oxygens (including phenoxy) is 1. The Morgan fingerprint density at radius 3 is 2.68 bits per heavy atom. The Labute approximate surface area is 151 Å². The molecule has 1 aliphatic heterocycles. The maximum Gasteiger partial charge on any atom is 0.220 e. The zero-order chi connectivity index (χ0) is 17.5. The molecule has 4 nitrogen and oxygen atoms in total. The van der Waals surface area contributed by atoms with Gasteiger partial charge >= 0.3 is 0 Å². The number of carbonyl (C=O) groups excluding carboxylic acids is 1. The third kappa shape index (κ3) is 4.55. The van der Waals surface area contributed by atoms with Crippen LogP contribution in [-0.4, -0.2) is 32.7 Å². The number of amides is 1. The Morgan fingerprint density at radius 1 is 1.24 bits per heavy atom. The summed E-state index contributed by atoms with van der Waals surface area (Å²) in [5, 5.41) is 6.63. The van der Waals surface area contributed by atoms with Crippen LogP contribution in [0.25, 0.3) is 0 Å². The van der Waals surface area contributed by atoms with Crippen LogP contribution in [-0.2, 0) is 10.2 Å². The topological polar surface area (TPSA) is 50.4 Å². The van der Waals surface area contributed by atoms with Gasteiger partial charge in [0.1, 0.15) is 5.75 Å². The Bertz CT molecular complexity index is 561. The van der Waals surface area contributed by atoms with Gasteiger partial charge in [-0.25, -0.2) is 0 Å². The highest BCUT2D eigenvalue weighted by atomic mass is 16.5. The van der Waals surface area contributed by atoms with Crippen molar-refractivity contribution in [2.45, 2.75) is 56.8 Å². The first-order chi connectivity index (χ1) is 12.2. The molecule has 1 heterocycles. The van der Waals surface area contributed by atoms with E-state index in [4.69, 9.17) is 4.74 Å². The van der Waals surface area contributed by atoms with Crippen LogP contribution in [0.15, 0.2) is 24.3 Å². The van der Waals surface area contributed by atoms with Crippen molar-refractivity contribution in [3.8, 4) is 5.75 Å². The largest absolute Gasteiger partial charge is 0.496 e. The van der Waals surface area contributed by atoms with Crippen molar-refractivity contribution in [2.24, 2.45) is 5.92 Å². The molecule has 4 heteroatoms. The molecule has 1 saturated heterocycles. The van der Waals surface area contributed by atoms with Crippen LogP contribution in [0.3, 0.4) is 0 Å². The summed E-state index contributed by atoms with van der Waals surface area (Å²) in [5.74, 6) is 1.87. The highest BCUT2D eigenvalue weighted by Crippen LogP contribution is 2.44. The molecule has 25 heavy (non-hydrogen) atoms. The Kier molecular flexibility index (Phi) is 6.35. The lowest BCUT2D eigenvalue weighted by Crippen LogP contribution is -2.39. The van der Waals surface area contributed by atoms with Gasteiger partial charge in [-0.05, 0) is 57.2 Å². The number of piperidine rings is 1. The van der Waals surface area contributed by atoms with Crippen LogP contribution < -0.4 is 15.4 Å². The van der Waals surface area contributed by atoms with Crippen LogP contribution in [0.5, 0.6) is 5.75 Å². The maximum atomic E-state index is 12.4. The third-order valence-corrected chi connectivity index (χ3v) is 6.10. The van der Waals surface area contributed by atoms with Crippen molar-refractivity contribution in [2.75, 3.05) is 26.7 Å². The van der Waals surface area contributed by atoms with E-state index < -0.39 is 0 Å². The molecule has 2 aliphatic rings. The molecule has 0 bridgehead atoms. The maximum absolute atomic E-state index is 12.4. The van der Waals surface area contributed by atoms with Gasteiger partial charge in [0.15, 0.2) is 0 Å². The monoisotopic (exact) mass is 344 g/mol. The van der Waals surface area contributed by atoms with Crippen molar-refractivity contribution in [3.05, 3.63) is 29.8 Å². The standard InChI is InChI=1S/C21H32N2O2/c1-25-19-7-3-2-6-18(19)21(12-4-5-13-21)16-23-20(24)9-8-17-10-14-22-15-11-17/h2-3,6-7,17,22H,4-5,8-16H2,1H3,(H,23,24). The lowest BCUT2D eigenvalue weighted by molar-refractivity contribution is -0.121. The number of carbonyl (C=O) groups is 1. The molecular formula is C21H32N2O2. The zero-order valence-electron chi connectivity index (χ0n) is 15.5. The fraction of sp³-hybridized carbons (Fsp3) is 0.667. The molecule has 1 amide bonds. The van der Waals surface area contributed by atoms with Gasteiger partial charge in [-0.15, -0.1) is 0 Å². The second-order valence-electron chi connectivity index (χ2n) is 7.70. The van der Waals surface area contributed by atoms with Crippen LogP contribution in [0, 0.1) is 5.92 Å². The smallest absolute Gasteiger partial charge is 0.220 e. The van der Waals surface area contributed by atoms with Crippen LogP contribution >= 0.6 is 0 Å². The highest BCUT2D eigenvalue weighted by Gasteiger charge is 2.37. The van der Waals surface area contributed by atoms with Gasteiger partial charge in [0, 0.05) is 23.9 Å². The van der Waals surface area contributed by atoms with Gasteiger partial charge in [-0.1, -0.05) is 31.0 Å². The third-order valence-electron chi connectivity index (χ3n) is 6.10. The van der Waals surface area contributed by atoms with Crippen molar-refractivity contribution in [1.29, 1.82) is 0 Å². The minimum Gasteiger partial charge on any atom is -0.496 e. The van der Waals surface area contributed by atoms with E-state index in [9.17, 15) is 4.79 Å². The molecule has 0 radical (unpaired) electrons. The second-order valence-corrected chi connectivity index (χ2v) is 7.70. The number of para-hydroxylation sites is 1. The molecule has 0 aromatic heterocycles. The van der Waals surface area contributed by atoms with Crippen molar-refractivity contribution in [1.82, 2.24) is 10.6 Å². The molecule has 2 fully saturated rings. The van der Waals surface area contributed by atoms with Crippen LogP contribution in [0.1, 0.15) is 56.9 Å². The summed E-state index contributed by atoms with van der Waals surface area (Å²) in [6.07, 6.45) is 8.80. The van der Waals surface area contributed by atoms with E-state index in [-0.39, 0.29) is 11.3 Å². The van der Waals surface area contributed by atoms with Crippen molar-refractivity contribution < 1.29 is 9.53 Å². The van der Waals surface area contributed by atoms with E-state index in [1.807, 2.05) is 12.1 Å². The summed E-state index contributed by atoms with van der Waals surface area (Å²) in [4.78, 5) is 12.4. The minimum absolute atomic E-state index is 0.0387. The first-order valence-electron chi connectivity index (χ1n) is 9.84. The molecule has 1 saturated carbocycles. The van der Waals surface area contributed by atoms with E-state index >= 15 is 0 Å². The average Bonchev–Trinajstić information content (AvgIpc) is 3.15. The fourth-order valence-corrected chi connectivity index (χ4v) is 4.54. The molecule has 2 N–H and O–H groups in total. The number of hydrogen-bond acceptors (Lipinski definition) is 3. The zero-order valence-corrected chi connectivity index (χ0v) is 15.5. The van der Waals surface area contributed by atoms with E-state index in [0.717, 1.165) is 44.6 Å². The van der Waals surface area contributed by atoms with Crippen molar-refractivity contribution in [3.63, 3.8) is 0 Å². The number of benzene rings is 1. The van der Waals surface area contributed by atoms with Gasteiger partial charge in [0.05, 0.1) is 7.11 Å². The normalized spacial score (nSPS) is 20.4. The summed E-state index contributed by atoms with van der Waals surface area (Å²) in [6, 6.07) is 8.30. The van der Waals surface area contributed by atoms with E-state index in [1.54, 1.807) is 7.11 Å². The fourth-order valence-electron chi connectivity index (χ4n) is 4.54. The predicted octanol–water partition coefficient (Wildman–Crippen LogP) is 3.40. The van der Waals surface area contributed by atoms with Crippen molar-refractivity contribution >= 4 is 5.91 Å². The molecule has 1 aromatic carbocycles. The summed E-state index contributed by atoms with van der Waals surface area (Å²) in [7, 11) is 1.74. The first kappa shape index (κ1) is 18.2. The van der Waals surface area contributed by atoms with E-state index in [0.29, 0.717) is 12.3 Å². The predicted molar refractivity (Wildman–Crippen MR) is 101 cm³/mol. The first-order valence-corrected chi connectivity index (χ1v) is 9.84. The molecule has 0 spiro atoms. The summed E-state index contributed by atoms with van der Waals surface area (Å²) in [6.45, 7) is 2.94. The second kappa shape index (κ2) is 8.70. The quantitative estimate of drug-likeness (QED) is 0.797. The number of rotatable bonds is 7. The Balaban J connectivity index is 1.57. The average molecular weight is 344 g/mol. The molecule has 0 atom stereocenters. The van der Waals surface area contributed by atoms with E-state index in [1.165, 1.54) is 31.2 Å². The lowest BCUT2D eigenvalue weighted by Gasteiger charge is -2.31. The summed E-state index contributed by atoms with van der Waals surface area (Å²) in [5.41, 5.74) is 1.30. The molecule has 0 unspecified atom stereocenters. The van der Waals surface area contributed by atoms with Gasteiger partial charge in [-0.2, -0.15) is 0 Å². The van der Waals surface area contributed by atoms with Gasteiger partial charge in [0.2, 0.25) is 5.91 Å². The molecule has 3 rings (SSSR count). The van der Waals surface area contributed by atoms with Gasteiger partial charge < -0.3 is 15.4 Å². The highest BCUT2D eigenvalue weighted by molar-refractivity contribution is 5.76. The number of hydrogen-bond donors (Lipinski definition) is 2. The van der Waals surface area contributed by atoms with E-state index in [2.05, 4.69) is 22.8 Å². The number of nitrogens with one attached hydrogen (secondary N) is 2. The number of methoxy groups -OCH3 is 1. The molecule has 1 aliphatic carbocycles. The van der Waals surface area contributed by atoms with Gasteiger partial charge in [0.25, 0.3) is 0 Å². The molecular weight excluding hydrogens is 312 g/mol. The summed E-state index contributed by atoms with van der Waals surface area (Å²) >= 11 is 0. The van der Waals surface area contributed by atoms with Crippen LogP contribution in [0.2, 0.25) is 0 Å². The Hall–Kier alpha value is -1.55. The molecule has 138 valence electrons. The Morgan fingerprint density at radius 2 is 1.96 bits per heavy atom. The summed E-state index contributed by atoms with van der Waals surface area (Å²) < 4.78 is 5.60. The van der Waals surface area contributed by atoms with Gasteiger partial charge in [-0.3, -0.25) is 4.79 Å². The minimum atomic E-state index is 0.0387. The van der Waals surface area contributed by atoms with Crippen LogP contribution in [0.4, 0.5) is 0 Å².